The number of nitrogens with two attached hydrogens (primary N) is 1. The fourth-order valence-corrected chi connectivity index (χ4v) is 2.05. The van der Waals surface area contributed by atoms with Crippen LogP contribution in [0.25, 0.3) is 0 Å². The van der Waals surface area contributed by atoms with E-state index < -0.39 is 11.1 Å². The van der Waals surface area contributed by atoms with E-state index in [-0.39, 0.29) is 6.54 Å². The van der Waals surface area contributed by atoms with E-state index in [0.29, 0.717) is 11.7 Å². The number of hydrogen-bond donors (Lipinski definition) is 1. The molecule has 0 spiro atoms. The van der Waals surface area contributed by atoms with Gasteiger partial charge in [-0.25, -0.2) is 4.39 Å². The van der Waals surface area contributed by atoms with Gasteiger partial charge in [0, 0.05) is 12.0 Å². The molecule has 2 rings (SSSR count). The SMILES string of the molecule is CC(C)(C)C(F)(CN)c1cccc(OC2CC2)c1. The number of alkyl halides is 1. The first-order valence-corrected chi connectivity index (χ1v) is 6.53. The molecule has 18 heavy (non-hydrogen) atoms. The molecule has 0 amide bonds. The van der Waals surface area contributed by atoms with Crippen molar-refractivity contribution in [2.75, 3.05) is 6.54 Å². The quantitative estimate of drug-likeness (QED) is 0.890. The van der Waals surface area contributed by atoms with Crippen LogP contribution in [0.1, 0.15) is 39.2 Å². The zero-order chi connectivity index (χ0) is 13.4. The first kappa shape index (κ1) is 13.3. The molecule has 0 radical (unpaired) electrons. The summed E-state index contributed by atoms with van der Waals surface area (Å²) in [5.41, 5.74) is 4.21. The standard InChI is InChI=1S/C15H22FNO/c1-14(2,3)15(16,10-17)11-5-4-6-13(9-11)18-12-7-8-12/h4-6,9,12H,7-8,10,17H2,1-3H3. The van der Waals surface area contributed by atoms with Gasteiger partial charge in [0.2, 0.25) is 0 Å². The van der Waals surface area contributed by atoms with E-state index in [9.17, 15) is 0 Å². The van der Waals surface area contributed by atoms with Crippen LogP contribution >= 0.6 is 0 Å². The lowest BCUT2D eigenvalue weighted by molar-refractivity contribution is 0.0340. The van der Waals surface area contributed by atoms with Crippen molar-refractivity contribution in [3.8, 4) is 5.75 Å². The second-order valence-corrected chi connectivity index (χ2v) is 6.10. The Bertz CT molecular complexity index is 423. The maximum absolute atomic E-state index is 15.1. The van der Waals surface area contributed by atoms with E-state index in [2.05, 4.69) is 0 Å². The van der Waals surface area contributed by atoms with Gasteiger partial charge in [-0.2, -0.15) is 0 Å². The number of halogens is 1. The number of benzene rings is 1. The normalized spacial score (nSPS) is 19.4. The van der Waals surface area contributed by atoms with Crippen LogP contribution in [0.15, 0.2) is 24.3 Å². The average Bonchev–Trinajstić information content (AvgIpc) is 3.10. The molecule has 2 N–H and O–H groups in total. The Morgan fingerprint density at radius 2 is 2.00 bits per heavy atom. The molecule has 2 nitrogen and oxygen atoms in total. The van der Waals surface area contributed by atoms with Crippen molar-refractivity contribution in [3.05, 3.63) is 29.8 Å². The molecule has 0 saturated heterocycles. The Morgan fingerprint density at radius 1 is 1.33 bits per heavy atom. The van der Waals surface area contributed by atoms with Crippen molar-refractivity contribution in [3.63, 3.8) is 0 Å². The highest BCUT2D eigenvalue weighted by molar-refractivity contribution is 5.34. The van der Waals surface area contributed by atoms with Crippen molar-refractivity contribution in [1.29, 1.82) is 0 Å². The van der Waals surface area contributed by atoms with E-state index in [1.165, 1.54) is 0 Å². The Hall–Kier alpha value is -1.09. The summed E-state index contributed by atoms with van der Waals surface area (Å²) in [6.45, 7) is 5.58. The van der Waals surface area contributed by atoms with Crippen LogP contribution in [-0.4, -0.2) is 12.6 Å². The zero-order valence-electron chi connectivity index (χ0n) is 11.4. The highest BCUT2D eigenvalue weighted by Gasteiger charge is 2.43. The van der Waals surface area contributed by atoms with Crippen LogP contribution in [0.4, 0.5) is 4.39 Å². The summed E-state index contributed by atoms with van der Waals surface area (Å²) in [5.74, 6) is 0.745. The lowest BCUT2D eigenvalue weighted by Crippen LogP contribution is -2.42. The molecule has 1 unspecified atom stereocenters. The third-order valence-electron chi connectivity index (χ3n) is 3.59. The molecule has 1 atom stereocenters. The summed E-state index contributed by atoms with van der Waals surface area (Å²) in [5, 5.41) is 0. The first-order chi connectivity index (χ1) is 8.37. The van der Waals surface area contributed by atoms with Crippen molar-refractivity contribution in [1.82, 2.24) is 0 Å². The van der Waals surface area contributed by atoms with Crippen molar-refractivity contribution in [2.24, 2.45) is 11.1 Å². The lowest BCUT2D eigenvalue weighted by atomic mass is 9.73. The third kappa shape index (κ3) is 2.51. The molecule has 1 fully saturated rings. The molecule has 0 bridgehead atoms. The summed E-state index contributed by atoms with van der Waals surface area (Å²) >= 11 is 0. The molecule has 1 aromatic rings. The Balaban J connectivity index is 2.30. The summed E-state index contributed by atoms with van der Waals surface area (Å²) in [7, 11) is 0. The van der Waals surface area contributed by atoms with Crippen LogP contribution < -0.4 is 10.5 Å². The molecule has 1 aromatic carbocycles. The Morgan fingerprint density at radius 3 is 2.50 bits per heavy atom. The molecule has 1 aliphatic rings. The smallest absolute Gasteiger partial charge is 0.153 e. The van der Waals surface area contributed by atoms with Gasteiger partial charge < -0.3 is 10.5 Å². The molecular formula is C15H22FNO. The molecular weight excluding hydrogens is 229 g/mol. The van der Waals surface area contributed by atoms with E-state index in [4.69, 9.17) is 10.5 Å². The second-order valence-electron chi connectivity index (χ2n) is 6.10. The van der Waals surface area contributed by atoms with Gasteiger partial charge in [0.15, 0.2) is 5.67 Å². The van der Waals surface area contributed by atoms with E-state index in [0.717, 1.165) is 18.6 Å². The van der Waals surface area contributed by atoms with Gasteiger partial charge >= 0.3 is 0 Å². The van der Waals surface area contributed by atoms with Gasteiger partial charge in [-0.15, -0.1) is 0 Å². The molecule has 100 valence electrons. The summed E-state index contributed by atoms with van der Waals surface area (Å²) < 4.78 is 20.8. The summed E-state index contributed by atoms with van der Waals surface area (Å²) in [4.78, 5) is 0. The molecule has 3 heteroatoms. The third-order valence-corrected chi connectivity index (χ3v) is 3.59. The largest absolute Gasteiger partial charge is 0.490 e. The van der Waals surface area contributed by atoms with Gasteiger partial charge in [0.05, 0.1) is 6.10 Å². The van der Waals surface area contributed by atoms with Crippen molar-refractivity contribution in [2.45, 2.75) is 45.4 Å². The summed E-state index contributed by atoms with van der Waals surface area (Å²) in [6.07, 6.45) is 2.52. The fourth-order valence-electron chi connectivity index (χ4n) is 2.05. The predicted molar refractivity (Wildman–Crippen MR) is 71.4 cm³/mol. The minimum atomic E-state index is -1.53. The van der Waals surface area contributed by atoms with Crippen LogP contribution in [0.2, 0.25) is 0 Å². The number of ether oxygens (including phenoxy) is 1. The Kier molecular flexibility index (Phi) is 3.37. The summed E-state index contributed by atoms with van der Waals surface area (Å²) in [6, 6.07) is 7.29. The van der Waals surface area contributed by atoms with Gasteiger partial charge in [-0.05, 0) is 30.5 Å². The first-order valence-electron chi connectivity index (χ1n) is 6.53. The highest BCUT2D eigenvalue weighted by Crippen LogP contribution is 2.43. The Labute approximate surface area is 108 Å². The van der Waals surface area contributed by atoms with Gasteiger partial charge in [-0.1, -0.05) is 32.9 Å². The van der Waals surface area contributed by atoms with Crippen LogP contribution in [-0.2, 0) is 5.67 Å². The van der Waals surface area contributed by atoms with E-state index in [1.807, 2.05) is 32.9 Å². The molecule has 0 aromatic heterocycles. The average molecular weight is 251 g/mol. The van der Waals surface area contributed by atoms with E-state index >= 15 is 4.39 Å². The molecule has 0 heterocycles. The molecule has 0 aliphatic heterocycles. The number of rotatable bonds is 4. The van der Waals surface area contributed by atoms with E-state index in [1.54, 1.807) is 12.1 Å². The van der Waals surface area contributed by atoms with Gasteiger partial charge in [0.1, 0.15) is 5.75 Å². The molecule has 1 saturated carbocycles. The minimum absolute atomic E-state index is 0.0244. The van der Waals surface area contributed by atoms with Crippen LogP contribution in [0.3, 0.4) is 0 Å². The monoisotopic (exact) mass is 251 g/mol. The second kappa shape index (κ2) is 4.54. The lowest BCUT2D eigenvalue weighted by Gasteiger charge is -2.37. The number of hydrogen-bond acceptors (Lipinski definition) is 2. The maximum atomic E-state index is 15.1. The van der Waals surface area contributed by atoms with Gasteiger partial charge in [0.25, 0.3) is 0 Å². The maximum Gasteiger partial charge on any atom is 0.153 e. The highest BCUT2D eigenvalue weighted by atomic mass is 19.1. The van der Waals surface area contributed by atoms with Crippen molar-refractivity contribution >= 4 is 0 Å². The predicted octanol–water partition coefficient (Wildman–Crippen LogP) is 3.40. The molecule has 1 aliphatic carbocycles. The topological polar surface area (TPSA) is 35.2 Å². The van der Waals surface area contributed by atoms with Crippen LogP contribution in [0.5, 0.6) is 5.75 Å². The van der Waals surface area contributed by atoms with Crippen LogP contribution in [0, 0.1) is 5.41 Å². The minimum Gasteiger partial charge on any atom is -0.490 e. The van der Waals surface area contributed by atoms with Gasteiger partial charge in [-0.3, -0.25) is 0 Å². The zero-order valence-corrected chi connectivity index (χ0v) is 11.4. The van der Waals surface area contributed by atoms with Crippen molar-refractivity contribution < 1.29 is 9.13 Å². The fraction of sp³-hybridized carbons (Fsp3) is 0.600.